The van der Waals surface area contributed by atoms with Gasteiger partial charge in [-0.25, -0.2) is 9.59 Å². The van der Waals surface area contributed by atoms with Crippen molar-refractivity contribution in [3.63, 3.8) is 0 Å². The minimum Gasteiger partial charge on any atom is -0.461 e. The molecule has 99 heavy (non-hydrogen) atoms. The van der Waals surface area contributed by atoms with Crippen LogP contribution in [0.25, 0.3) is 0 Å². The molecule has 1 saturated heterocycles. The molecule has 0 aromatic heterocycles. The molecule has 0 radical (unpaired) electrons. The number of Topliss-reactive ketones (excluding diaryl/α,β-unsaturated/α-hetero) is 2. The number of carbonyl (C=O) groups excluding carboxylic acids is 8. The molecule has 3 aromatic rings. The molecule has 18 atom stereocenters. The molecular weight excluding hydrogens is 1260 g/mol. The summed E-state index contributed by atoms with van der Waals surface area (Å²) >= 11 is 0. The number of fused-ring (bicyclic) bond motifs is 6. The van der Waals surface area contributed by atoms with Crippen molar-refractivity contribution in [3.05, 3.63) is 166 Å². The SMILES string of the molecule is C=C1/C(=C\C=C2/CCC[C@@]3(C)C2CCC3[C@@H](C)/C=C/C(CC(=O)CCCC(=O)OC2CC3OCC3(OC(C)=O)C3C(OC(=O)c4ccccc4)C4(O)CC(OC(=O)C(O)C(NC(=O)c5ccccc5)c5ccccc5)C(C)=C(C(OC(C)=O)C(=O)C23C)C4(C)C)C2CC2)C[C@@H](C)C[C@@H]1O. The molecule has 18 heteroatoms. The Balaban J connectivity index is 0.856. The van der Waals surface area contributed by atoms with Gasteiger partial charge in [-0.05, 0) is 171 Å². The van der Waals surface area contributed by atoms with E-state index in [0.717, 1.165) is 82.8 Å². The van der Waals surface area contributed by atoms with Gasteiger partial charge < -0.3 is 49.1 Å². The van der Waals surface area contributed by atoms with Gasteiger partial charge in [-0.3, -0.25) is 28.8 Å². The van der Waals surface area contributed by atoms with Gasteiger partial charge in [0.15, 0.2) is 23.6 Å². The van der Waals surface area contributed by atoms with Crippen molar-refractivity contribution in [2.24, 2.45) is 57.7 Å². The largest absolute Gasteiger partial charge is 0.461 e. The van der Waals surface area contributed by atoms with E-state index in [1.54, 1.807) is 92.7 Å². The number of aliphatic hydroxyl groups excluding tert-OH is 2. The first kappa shape index (κ1) is 72.6. The summed E-state index contributed by atoms with van der Waals surface area (Å²) in [5.74, 6) is -5.86. The summed E-state index contributed by atoms with van der Waals surface area (Å²) in [4.78, 5) is 116. The van der Waals surface area contributed by atoms with Crippen LogP contribution in [-0.2, 0) is 57.2 Å². The maximum absolute atomic E-state index is 16.6. The zero-order valence-corrected chi connectivity index (χ0v) is 58.7. The van der Waals surface area contributed by atoms with Crippen molar-refractivity contribution in [2.45, 2.75) is 219 Å². The van der Waals surface area contributed by atoms with Crippen LogP contribution in [0.3, 0.4) is 0 Å². The van der Waals surface area contributed by atoms with Crippen molar-refractivity contribution >= 4 is 47.3 Å². The van der Waals surface area contributed by atoms with Crippen LogP contribution in [0.15, 0.2) is 150 Å². The molecule has 1 aliphatic heterocycles. The van der Waals surface area contributed by atoms with Crippen LogP contribution in [-0.4, -0.2) is 123 Å². The fourth-order valence-corrected chi connectivity index (χ4v) is 18.6. The Morgan fingerprint density at radius 1 is 0.808 bits per heavy atom. The van der Waals surface area contributed by atoms with Gasteiger partial charge in [-0.15, -0.1) is 0 Å². The maximum atomic E-state index is 16.6. The molecule has 18 nitrogen and oxygen atoms in total. The highest BCUT2D eigenvalue weighted by Gasteiger charge is 2.79. The predicted octanol–water partition coefficient (Wildman–Crippen LogP) is 12.1. The van der Waals surface area contributed by atoms with E-state index in [1.165, 1.54) is 31.6 Å². The van der Waals surface area contributed by atoms with Crippen LogP contribution >= 0.6 is 0 Å². The van der Waals surface area contributed by atoms with Gasteiger partial charge >= 0.3 is 29.8 Å². The molecule has 7 fully saturated rings. The summed E-state index contributed by atoms with van der Waals surface area (Å²) < 4.78 is 38.1. The average molecular weight is 1360 g/mol. The first-order chi connectivity index (χ1) is 47.0. The lowest BCUT2D eigenvalue weighted by atomic mass is 9.44. The van der Waals surface area contributed by atoms with Gasteiger partial charge in [0.2, 0.25) is 0 Å². The molecule has 1 amide bonds. The van der Waals surface area contributed by atoms with Gasteiger partial charge in [0, 0.05) is 56.9 Å². The normalized spacial score (nSPS) is 33.6. The van der Waals surface area contributed by atoms with E-state index in [4.69, 9.17) is 28.4 Å². The maximum Gasteiger partial charge on any atom is 0.338 e. The second kappa shape index (κ2) is 29.1. The van der Waals surface area contributed by atoms with E-state index in [-0.39, 0.29) is 71.7 Å². The zero-order valence-electron chi connectivity index (χ0n) is 58.7. The summed E-state index contributed by atoms with van der Waals surface area (Å²) in [7, 11) is 0. The standard InChI is InChI=1S/C81H99NO17/c1-46-40-57(48(3)62(86)41-46)36-35-53-28-21-39-78(9)60(37-38-61(53)78)47(2)31-32-58(52-33-34-52)42-59(85)29-20-30-66(87)97-64-43-65-80(45-94-65,99-51(6)84)71-73(98-75(91)56-26-18-13-19-27-56)81(93)44-63(49(4)67(77(81,7)8)70(95-50(5)83)72(89)79(64,71)10)96-76(92)69(88)68(54-22-14-11-15-23-54)82-74(90)55-24-16-12-17-25-55/h11-19,22-27,31-32,35-36,46-47,52,58,60-65,68-71,73,86,88,93H,3,20-21,28-30,33-34,37-45H2,1-2,4-10H3,(H,82,90)/b32-31+,53-35+,57-36-/t46-,47+,58?,60?,61?,62+,63?,64?,65?,68?,69?,70?,71?,73?,78-,79?,80?,81?/m1/s1. The number of allylic oxidation sites excluding steroid dienone is 5. The van der Waals surface area contributed by atoms with E-state index < -0.39 is 125 Å². The van der Waals surface area contributed by atoms with Crippen molar-refractivity contribution in [1.29, 1.82) is 0 Å². The molecule has 0 spiro atoms. The summed E-state index contributed by atoms with van der Waals surface area (Å²) in [5.41, 5.74) is -4.04. The van der Waals surface area contributed by atoms with Crippen molar-refractivity contribution < 1.29 is 82.1 Å². The third-order valence-electron chi connectivity index (χ3n) is 24.1. The zero-order chi connectivity index (χ0) is 71.1. The highest BCUT2D eigenvalue weighted by atomic mass is 16.6. The number of amides is 1. The van der Waals surface area contributed by atoms with E-state index in [9.17, 15) is 48.9 Å². The number of nitrogens with one attached hydrogen (secondary N) is 1. The number of esters is 5. The molecule has 6 saturated carbocycles. The average Bonchev–Trinajstić information content (AvgIpc) is 1.35. The number of hydrogen-bond acceptors (Lipinski definition) is 17. The van der Waals surface area contributed by atoms with E-state index in [0.29, 0.717) is 41.6 Å². The molecule has 2 bridgehead atoms. The molecule has 14 unspecified atom stereocenters. The molecule has 7 aliphatic carbocycles. The Labute approximate surface area is 581 Å². The number of hydrogen-bond donors (Lipinski definition) is 4. The summed E-state index contributed by atoms with van der Waals surface area (Å²) in [5, 5.41) is 39.8. The molecule has 8 aliphatic rings. The predicted molar refractivity (Wildman–Crippen MR) is 367 cm³/mol. The number of carbonyl (C=O) groups is 8. The van der Waals surface area contributed by atoms with Gasteiger partial charge in [-0.2, -0.15) is 0 Å². The highest BCUT2D eigenvalue weighted by molar-refractivity contribution is 5.97. The molecule has 4 N–H and O–H groups in total. The fourth-order valence-electron chi connectivity index (χ4n) is 18.6. The molecule has 3 aromatic carbocycles. The molecule has 530 valence electrons. The number of ether oxygens (including phenoxy) is 6. The quantitative estimate of drug-likeness (QED) is 0.0414. The Morgan fingerprint density at radius 2 is 1.47 bits per heavy atom. The van der Waals surface area contributed by atoms with Crippen LogP contribution < -0.4 is 5.32 Å². The second-order valence-electron chi connectivity index (χ2n) is 30.8. The summed E-state index contributed by atoms with van der Waals surface area (Å²) in [6.45, 7) is 19.2. The van der Waals surface area contributed by atoms with Crippen LogP contribution in [0.4, 0.5) is 0 Å². The summed E-state index contributed by atoms with van der Waals surface area (Å²) in [6.07, 6.45) is 7.27. The lowest BCUT2D eigenvalue weighted by Gasteiger charge is -2.67. The first-order valence-electron chi connectivity index (χ1n) is 35.7. The topological polar surface area (TPSA) is 265 Å². The molecular formula is C81H99NO17. The van der Waals surface area contributed by atoms with E-state index >= 15 is 4.79 Å². The molecule has 1 heterocycles. The second-order valence-corrected chi connectivity index (χ2v) is 30.8. The van der Waals surface area contributed by atoms with Crippen LogP contribution in [0.1, 0.15) is 191 Å². The summed E-state index contributed by atoms with van der Waals surface area (Å²) in [6, 6.07) is 22.9. The van der Waals surface area contributed by atoms with Crippen LogP contribution in [0, 0.1) is 57.7 Å². The van der Waals surface area contributed by atoms with Crippen molar-refractivity contribution in [3.8, 4) is 0 Å². The Bertz CT molecular complexity index is 3720. The van der Waals surface area contributed by atoms with E-state index in [2.05, 4.69) is 57.0 Å². The van der Waals surface area contributed by atoms with E-state index in [1.807, 2.05) is 0 Å². The number of rotatable bonds is 22. The van der Waals surface area contributed by atoms with Gasteiger partial charge in [0.25, 0.3) is 5.91 Å². The Hall–Kier alpha value is -7.64. The van der Waals surface area contributed by atoms with Crippen LogP contribution in [0.5, 0.6) is 0 Å². The van der Waals surface area contributed by atoms with Gasteiger partial charge in [0.05, 0.1) is 35.6 Å². The minimum absolute atomic E-state index is 0.000211. The smallest absolute Gasteiger partial charge is 0.338 e. The lowest BCUT2D eigenvalue weighted by Crippen LogP contribution is -2.82. The fraction of sp³-hybridized carbons (Fsp3) is 0.556. The molecule has 11 rings (SSSR count). The van der Waals surface area contributed by atoms with Crippen molar-refractivity contribution in [2.75, 3.05) is 6.61 Å². The monoisotopic (exact) mass is 1360 g/mol. The third-order valence-corrected chi connectivity index (χ3v) is 24.1. The number of benzene rings is 3. The Kier molecular flexibility index (Phi) is 21.4. The van der Waals surface area contributed by atoms with Crippen molar-refractivity contribution in [1.82, 2.24) is 5.32 Å². The minimum atomic E-state index is -2.51. The number of aliphatic hydroxyl groups is 3. The Morgan fingerprint density at radius 3 is 2.11 bits per heavy atom. The number of ketones is 2. The van der Waals surface area contributed by atoms with Gasteiger partial charge in [-0.1, -0.05) is 138 Å². The highest BCUT2D eigenvalue weighted by Crippen LogP contribution is 2.66. The first-order valence-corrected chi connectivity index (χ1v) is 35.7. The van der Waals surface area contributed by atoms with Crippen LogP contribution in [0.2, 0.25) is 0 Å². The third kappa shape index (κ3) is 14.3. The van der Waals surface area contributed by atoms with Gasteiger partial charge in [0.1, 0.15) is 35.8 Å². The lowest BCUT2D eigenvalue weighted by molar-refractivity contribution is -0.346.